The van der Waals surface area contributed by atoms with E-state index in [4.69, 9.17) is 5.26 Å². The van der Waals surface area contributed by atoms with E-state index in [1.54, 1.807) is 0 Å². The molecule has 0 aromatic carbocycles. The van der Waals surface area contributed by atoms with Crippen LogP contribution in [0.2, 0.25) is 0 Å². The largest absolute Gasteiger partial charge is 0.341 e. The van der Waals surface area contributed by atoms with Crippen LogP contribution in [0.15, 0.2) is 0 Å². The summed E-state index contributed by atoms with van der Waals surface area (Å²) >= 11 is 0. The van der Waals surface area contributed by atoms with E-state index >= 15 is 0 Å². The number of hydrogen-bond donors (Lipinski definition) is 0. The quantitative estimate of drug-likeness (QED) is 0.649. The molecule has 0 aromatic rings. The van der Waals surface area contributed by atoms with Crippen molar-refractivity contribution in [1.82, 2.24) is 4.90 Å². The Morgan fingerprint density at radius 1 is 1.28 bits per heavy atom. The second-order valence-electron chi connectivity index (χ2n) is 5.33. The first kappa shape index (κ1) is 15.0. The highest BCUT2D eigenvalue weighted by molar-refractivity contribution is 5.76. The molecule has 0 aromatic heterocycles. The van der Waals surface area contributed by atoms with Gasteiger partial charge in [-0.25, -0.2) is 0 Å². The highest BCUT2D eigenvalue weighted by Crippen LogP contribution is 2.17. The highest BCUT2D eigenvalue weighted by atomic mass is 16.2. The van der Waals surface area contributed by atoms with Crippen molar-refractivity contribution in [3.05, 3.63) is 0 Å². The fourth-order valence-corrected chi connectivity index (χ4v) is 2.52. The Kier molecular flexibility index (Phi) is 7.48. The molecule has 0 spiro atoms. The molecule has 1 rings (SSSR count). The molecule has 0 aliphatic carbocycles. The maximum atomic E-state index is 12.0. The first-order valence-corrected chi connectivity index (χ1v) is 7.45. The molecule has 1 saturated heterocycles. The number of rotatable bonds is 7. The topological polar surface area (TPSA) is 44.1 Å². The third kappa shape index (κ3) is 5.53. The number of carbonyl (C=O) groups excluding carboxylic acids is 1. The van der Waals surface area contributed by atoms with Gasteiger partial charge in [-0.3, -0.25) is 4.79 Å². The van der Waals surface area contributed by atoms with Crippen LogP contribution in [0.5, 0.6) is 0 Å². The highest BCUT2D eigenvalue weighted by Gasteiger charge is 2.22. The first-order valence-electron chi connectivity index (χ1n) is 7.45. The van der Waals surface area contributed by atoms with Crippen LogP contribution in [0.4, 0.5) is 0 Å². The normalized spacial score (nSPS) is 19.6. The van der Waals surface area contributed by atoms with Crippen molar-refractivity contribution in [2.75, 3.05) is 13.1 Å². The minimum atomic E-state index is 0.0623. The van der Waals surface area contributed by atoms with Gasteiger partial charge in [-0.15, -0.1) is 0 Å². The van der Waals surface area contributed by atoms with Crippen LogP contribution >= 0.6 is 0 Å². The van der Waals surface area contributed by atoms with E-state index in [-0.39, 0.29) is 11.8 Å². The standard InChI is InChI=1S/C15H26N2O/c1-2-3-4-5-6-7-10-15(18)17-11-8-9-14(12-16)13-17/h14H,2-11,13H2,1H3. The summed E-state index contributed by atoms with van der Waals surface area (Å²) < 4.78 is 0. The fourth-order valence-electron chi connectivity index (χ4n) is 2.52. The number of amides is 1. The molecule has 1 aliphatic heterocycles. The molecule has 102 valence electrons. The molecular formula is C15H26N2O. The van der Waals surface area contributed by atoms with Gasteiger partial charge in [-0.1, -0.05) is 39.0 Å². The Balaban J connectivity index is 2.11. The van der Waals surface area contributed by atoms with Crippen LogP contribution in [0.3, 0.4) is 0 Å². The van der Waals surface area contributed by atoms with E-state index < -0.39 is 0 Å². The smallest absolute Gasteiger partial charge is 0.222 e. The molecule has 1 atom stereocenters. The molecule has 1 aliphatic rings. The number of nitrogens with zero attached hydrogens (tertiary/aromatic N) is 2. The van der Waals surface area contributed by atoms with Crippen molar-refractivity contribution in [3.63, 3.8) is 0 Å². The first-order chi connectivity index (χ1) is 8.77. The summed E-state index contributed by atoms with van der Waals surface area (Å²) in [5.74, 6) is 0.317. The molecule has 0 radical (unpaired) electrons. The zero-order chi connectivity index (χ0) is 13.2. The molecule has 18 heavy (non-hydrogen) atoms. The molecule has 0 bridgehead atoms. The average molecular weight is 250 g/mol. The van der Waals surface area contributed by atoms with Crippen molar-refractivity contribution >= 4 is 5.91 Å². The number of hydrogen-bond acceptors (Lipinski definition) is 2. The summed E-state index contributed by atoms with van der Waals surface area (Å²) in [7, 11) is 0. The van der Waals surface area contributed by atoms with Gasteiger partial charge in [0.05, 0.1) is 12.0 Å². The van der Waals surface area contributed by atoms with Gasteiger partial charge in [0.2, 0.25) is 5.91 Å². The van der Waals surface area contributed by atoms with Crippen LogP contribution < -0.4 is 0 Å². The predicted octanol–water partition coefficient (Wildman–Crippen LogP) is 3.50. The van der Waals surface area contributed by atoms with Gasteiger partial charge in [0.1, 0.15) is 0 Å². The molecule has 0 saturated carbocycles. The van der Waals surface area contributed by atoms with Gasteiger partial charge in [-0.05, 0) is 19.3 Å². The van der Waals surface area contributed by atoms with E-state index in [0.29, 0.717) is 13.0 Å². The molecule has 1 unspecified atom stereocenters. The van der Waals surface area contributed by atoms with Gasteiger partial charge in [-0.2, -0.15) is 5.26 Å². The van der Waals surface area contributed by atoms with Gasteiger partial charge in [0, 0.05) is 19.5 Å². The Hall–Kier alpha value is -1.04. The second kappa shape index (κ2) is 8.97. The summed E-state index contributed by atoms with van der Waals surface area (Å²) in [5, 5.41) is 8.90. The number of carbonyl (C=O) groups is 1. The monoisotopic (exact) mass is 250 g/mol. The SMILES string of the molecule is CCCCCCCCC(=O)N1CCCC(C#N)C1. The molecule has 0 N–H and O–H groups in total. The van der Waals surface area contributed by atoms with Crippen LogP contribution in [0.25, 0.3) is 0 Å². The molecule has 3 heteroatoms. The zero-order valence-electron chi connectivity index (χ0n) is 11.7. The average Bonchev–Trinajstić information content (AvgIpc) is 2.42. The predicted molar refractivity (Wildman–Crippen MR) is 72.9 cm³/mol. The lowest BCUT2D eigenvalue weighted by Gasteiger charge is -2.29. The Bertz CT molecular complexity index is 283. The summed E-state index contributed by atoms with van der Waals surface area (Å²) in [6, 6.07) is 2.29. The van der Waals surface area contributed by atoms with Crippen molar-refractivity contribution in [2.45, 2.75) is 64.7 Å². The number of likely N-dealkylation sites (tertiary alicyclic amines) is 1. The van der Waals surface area contributed by atoms with Crippen molar-refractivity contribution < 1.29 is 4.79 Å². The van der Waals surface area contributed by atoms with E-state index in [1.807, 2.05) is 4.90 Å². The van der Waals surface area contributed by atoms with E-state index in [0.717, 1.165) is 25.8 Å². The molecule has 3 nitrogen and oxygen atoms in total. The molecular weight excluding hydrogens is 224 g/mol. The maximum Gasteiger partial charge on any atom is 0.222 e. The third-order valence-electron chi connectivity index (χ3n) is 3.70. The maximum absolute atomic E-state index is 12.0. The molecule has 1 amide bonds. The van der Waals surface area contributed by atoms with Gasteiger partial charge < -0.3 is 4.90 Å². The van der Waals surface area contributed by atoms with Crippen molar-refractivity contribution in [3.8, 4) is 6.07 Å². The van der Waals surface area contributed by atoms with Crippen LogP contribution in [-0.2, 0) is 4.79 Å². The summed E-state index contributed by atoms with van der Waals surface area (Å²) in [4.78, 5) is 13.9. The zero-order valence-corrected chi connectivity index (χ0v) is 11.7. The lowest BCUT2D eigenvalue weighted by Crippen LogP contribution is -2.39. The lowest BCUT2D eigenvalue weighted by molar-refractivity contribution is -0.132. The number of nitriles is 1. The van der Waals surface area contributed by atoms with Crippen molar-refractivity contribution in [2.24, 2.45) is 5.92 Å². The molecule has 1 fully saturated rings. The summed E-state index contributed by atoms with van der Waals surface area (Å²) in [6.45, 7) is 3.73. The fraction of sp³-hybridized carbons (Fsp3) is 0.867. The minimum Gasteiger partial charge on any atom is -0.341 e. The molecule has 1 heterocycles. The van der Waals surface area contributed by atoms with E-state index in [2.05, 4.69) is 13.0 Å². The van der Waals surface area contributed by atoms with E-state index in [1.165, 1.54) is 32.1 Å². The van der Waals surface area contributed by atoms with Gasteiger partial charge >= 0.3 is 0 Å². The van der Waals surface area contributed by atoms with Crippen molar-refractivity contribution in [1.29, 1.82) is 5.26 Å². The second-order valence-corrected chi connectivity index (χ2v) is 5.33. The summed E-state index contributed by atoms with van der Waals surface area (Å²) in [5.41, 5.74) is 0. The Morgan fingerprint density at radius 3 is 2.72 bits per heavy atom. The van der Waals surface area contributed by atoms with Gasteiger partial charge in [0.15, 0.2) is 0 Å². The van der Waals surface area contributed by atoms with Gasteiger partial charge in [0.25, 0.3) is 0 Å². The number of unbranched alkanes of at least 4 members (excludes halogenated alkanes) is 5. The van der Waals surface area contributed by atoms with Crippen LogP contribution in [-0.4, -0.2) is 23.9 Å². The third-order valence-corrected chi connectivity index (χ3v) is 3.70. The van der Waals surface area contributed by atoms with E-state index in [9.17, 15) is 4.79 Å². The Morgan fingerprint density at radius 2 is 2.00 bits per heavy atom. The number of piperidine rings is 1. The Labute approximate surface area is 111 Å². The summed E-state index contributed by atoms with van der Waals surface area (Å²) in [6.07, 6.45) is 9.92. The lowest BCUT2D eigenvalue weighted by atomic mass is 9.99. The van der Waals surface area contributed by atoms with Crippen LogP contribution in [0.1, 0.15) is 64.7 Å². The van der Waals surface area contributed by atoms with Crippen LogP contribution in [0, 0.1) is 17.2 Å². The minimum absolute atomic E-state index is 0.0623.